The minimum atomic E-state index is -0.907. The summed E-state index contributed by atoms with van der Waals surface area (Å²) in [6.07, 6.45) is 10.4. The molecule has 0 aromatic heterocycles. The van der Waals surface area contributed by atoms with E-state index in [0.717, 1.165) is 37.2 Å². The highest BCUT2D eigenvalue weighted by molar-refractivity contribution is 5.78. The fraction of sp³-hybridized carbons (Fsp3) is 0.682. The summed E-state index contributed by atoms with van der Waals surface area (Å²) >= 11 is 0. The number of nitrogens with one attached hydrogen (secondary N) is 1. The van der Waals surface area contributed by atoms with E-state index in [0.29, 0.717) is 6.54 Å². The molecule has 0 saturated heterocycles. The van der Waals surface area contributed by atoms with Gasteiger partial charge >= 0.3 is 0 Å². The van der Waals surface area contributed by atoms with Crippen molar-refractivity contribution in [3.05, 3.63) is 35.9 Å². The van der Waals surface area contributed by atoms with Crippen molar-refractivity contribution >= 4 is 5.91 Å². The molecule has 1 aromatic rings. The zero-order valence-corrected chi connectivity index (χ0v) is 15.5. The largest absolute Gasteiger partial charge is 0.383 e. The van der Waals surface area contributed by atoms with Crippen molar-refractivity contribution < 1.29 is 9.90 Å². The van der Waals surface area contributed by atoms with E-state index in [4.69, 9.17) is 0 Å². The molecule has 0 aliphatic heterocycles. The molecule has 0 spiro atoms. The Morgan fingerprint density at radius 2 is 1.80 bits per heavy atom. The molecule has 2 aliphatic carbocycles. The van der Waals surface area contributed by atoms with Crippen molar-refractivity contribution in [2.45, 2.75) is 70.3 Å². The van der Waals surface area contributed by atoms with E-state index in [1.807, 2.05) is 30.3 Å². The molecule has 1 amide bonds. The Labute approximate surface area is 152 Å². The number of unbranched alkanes of at least 4 members (excludes halogenated alkanes) is 1. The van der Waals surface area contributed by atoms with Crippen LogP contribution in [0.4, 0.5) is 0 Å². The van der Waals surface area contributed by atoms with Crippen LogP contribution in [0.25, 0.3) is 0 Å². The molecule has 0 heterocycles. The van der Waals surface area contributed by atoms with Crippen molar-refractivity contribution in [2.24, 2.45) is 17.8 Å². The molecule has 3 nitrogen and oxygen atoms in total. The maximum Gasteiger partial charge on any atom is 0.223 e. The average molecular weight is 344 g/mol. The number of amides is 1. The highest BCUT2D eigenvalue weighted by Gasteiger charge is 2.45. The first kappa shape index (κ1) is 18.4. The standard InChI is InChI=1S/C22H33NO2/c1-2-3-7-17-10-12-18(13-11-17)21(24)23-16-22(25,20-14-15-20)19-8-5-4-6-9-19/h4-6,8-9,17-18,20,25H,2-3,7,10-16H2,1H3,(H,23,24). The monoisotopic (exact) mass is 343 g/mol. The van der Waals surface area contributed by atoms with Crippen LogP contribution in [0.15, 0.2) is 30.3 Å². The van der Waals surface area contributed by atoms with Gasteiger partial charge in [-0.2, -0.15) is 0 Å². The summed E-state index contributed by atoms with van der Waals surface area (Å²) in [5.74, 6) is 1.37. The van der Waals surface area contributed by atoms with Crippen LogP contribution in [0.5, 0.6) is 0 Å². The highest BCUT2D eigenvalue weighted by Crippen LogP contribution is 2.45. The summed E-state index contributed by atoms with van der Waals surface area (Å²) < 4.78 is 0. The van der Waals surface area contributed by atoms with Gasteiger partial charge in [0.25, 0.3) is 0 Å². The van der Waals surface area contributed by atoms with E-state index in [9.17, 15) is 9.90 Å². The van der Waals surface area contributed by atoms with E-state index in [2.05, 4.69) is 12.2 Å². The van der Waals surface area contributed by atoms with Gasteiger partial charge in [-0.15, -0.1) is 0 Å². The van der Waals surface area contributed by atoms with Gasteiger partial charge in [-0.1, -0.05) is 56.5 Å². The van der Waals surface area contributed by atoms with E-state index in [1.165, 1.54) is 32.1 Å². The van der Waals surface area contributed by atoms with Crippen molar-refractivity contribution in [1.82, 2.24) is 5.32 Å². The average Bonchev–Trinajstić information content (AvgIpc) is 3.51. The third kappa shape index (κ3) is 4.63. The number of benzene rings is 1. The van der Waals surface area contributed by atoms with Crippen LogP contribution in [0.1, 0.15) is 70.3 Å². The lowest BCUT2D eigenvalue weighted by atomic mass is 9.79. The summed E-state index contributed by atoms with van der Waals surface area (Å²) in [5, 5.41) is 14.3. The number of carbonyl (C=O) groups excluding carboxylic acids is 1. The molecule has 1 unspecified atom stereocenters. The van der Waals surface area contributed by atoms with Gasteiger partial charge < -0.3 is 10.4 Å². The fourth-order valence-corrected chi connectivity index (χ4v) is 4.34. The van der Waals surface area contributed by atoms with Crippen molar-refractivity contribution in [3.8, 4) is 0 Å². The molecule has 138 valence electrons. The maximum absolute atomic E-state index is 12.6. The number of carbonyl (C=O) groups is 1. The molecule has 0 radical (unpaired) electrons. The second-order valence-corrected chi connectivity index (χ2v) is 8.14. The van der Waals surface area contributed by atoms with Crippen molar-refractivity contribution in [2.75, 3.05) is 6.54 Å². The van der Waals surface area contributed by atoms with Gasteiger partial charge in [0.15, 0.2) is 0 Å². The zero-order valence-electron chi connectivity index (χ0n) is 15.5. The quantitative estimate of drug-likeness (QED) is 0.735. The summed E-state index contributed by atoms with van der Waals surface area (Å²) in [6.45, 7) is 2.59. The third-order valence-electron chi connectivity index (χ3n) is 6.24. The predicted molar refractivity (Wildman–Crippen MR) is 101 cm³/mol. The number of rotatable bonds is 8. The maximum atomic E-state index is 12.6. The second kappa shape index (κ2) is 8.35. The topological polar surface area (TPSA) is 49.3 Å². The number of hydrogen-bond acceptors (Lipinski definition) is 2. The first-order valence-electron chi connectivity index (χ1n) is 10.2. The Kier molecular flexibility index (Phi) is 6.16. The Balaban J connectivity index is 1.51. The molecule has 3 heteroatoms. The Morgan fingerprint density at radius 1 is 1.12 bits per heavy atom. The lowest BCUT2D eigenvalue weighted by Crippen LogP contribution is -2.44. The second-order valence-electron chi connectivity index (χ2n) is 8.14. The van der Waals surface area contributed by atoms with E-state index >= 15 is 0 Å². The fourth-order valence-electron chi connectivity index (χ4n) is 4.34. The normalized spacial score (nSPS) is 26.0. The van der Waals surface area contributed by atoms with E-state index in [-0.39, 0.29) is 17.7 Å². The molecule has 2 aliphatic rings. The van der Waals surface area contributed by atoms with E-state index < -0.39 is 5.60 Å². The molecule has 2 saturated carbocycles. The van der Waals surface area contributed by atoms with E-state index in [1.54, 1.807) is 0 Å². The lowest BCUT2D eigenvalue weighted by molar-refractivity contribution is -0.127. The first-order chi connectivity index (χ1) is 12.1. The molecule has 2 fully saturated rings. The summed E-state index contributed by atoms with van der Waals surface area (Å²) in [6, 6.07) is 9.84. The van der Waals surface area contributed by atoms with Gasteiger partial charge in [0.1, 0.15) is 5.60 Å². The minimum Gasteiger partial charge on any atom is -0.383 e. The van der Waals surface area contributed by atoms with Crippen LogP contribution in [0.2, 0.25) is 0 Å². The smallest absolute Gasteiger partial charge is 0.223 e. The van der Waals surface area contributed by atoms with Gasteiger partial charge in [0.2, 0.25) is 5.91 Å². The van der Waals surface area contributed by atoms with Gasteiger partial charge in [-0.3, -0.25) is 4.79 Å². The summed E-state index contributed by atoms with van der Waals surface area (Å²) in [7, 11) is 0. The summed E-state index contributed by atoms with van der Waals surface area (Å²) in [4.78, 5) is 12.6. The van der Waals surface area contributed by atoms with Gasteiger partial charge in [0.05, 0.1) is 6.54 Å². The molecular weight excluding hydrogens is 310 g/mol. The Morgan fingerprint density at radius 3 is 2.40 bits per heavy atom. The molecule has 0 bridgehead atoms. The molecule has 25 heavy (non-hydrogen) atoms. The molecular formula is C22H33NO2. The Bertz CT molecular complexity index is 546. The van der Waals surface area contributed by atoms with Gasteiger partial charge in [0, 0.05) is 5.92 Å². The Hall–Kier alpha value is -1.35. The lowest BCUT2D eigenvalue weighted by Gasteiger charge is -2.32. The van der Waals surface area contributed by atoms with Gasteiger partial charge in [-0.25, -0.2) is 0 Å². The predicted octanol–water partition coefficient (Wildman–Crippen LogP) is 4.40. The molecule has 3 rings (SSSR count). The number of hydrogen-bond donors (Lipinski definition) is 2. The van der Waals surface area contributed by atoms with Crippen LogP contribution in [-0.4, -0.2) is 17.6 Å². The van der Waals surface area contributed by atoms with Crippen LogP contribution in [-0.2, 0) is 10.4 Å². The molecule has 1 aromatic carbocycles. The van der Waals surface area contributed by atoms with Crippen molar-refractivity contribution in [3.63, 3.8) is 0 Å². The van der Waals surface area contributed by atoms with Gasteiger partial charge in [-0.05, 0) is 55.9 Å². The van der Waals surface area contributed by atoms with Crippen LogP contribution < -0.4 is 5.32 Å². The zero-order chi connectivity index (χ0) is 17.7. The summed E-state index contributed by atoms with van der Waals surface area (Å²) in [5.41, 5.74) is 0.0241. The molecule has 2 N–H and O–H groups in total. The first-order valence-corrected chi connectivity index (χ1v) is 10.2. The minimum absolute atomic E-state index is 0.136. The van der Waals surface area contributed by atoms with Crippen LogP contribution >= 0.6 is 0 Å². The molecule has 1 atom stereocenters. The van der Waals surface area contributed by atoms with Crippen LogP contribution in [0, 0.1) is 17.8 Å². The van der Waals surface area contributed by atoms with Crippen molar-refractivity contribution in [1.29, 1.82) is 0 Å². The highest BCUT2D eigenvalue weighted by atomic mass is 16.3. The number of aliphatic hydroxyl groups is 1. The SMILES string of the molecule is CCCCC1CCC(C(=O)NCC(O)(c2ccccc2)C2CC2)CC1. The van der Waals surface area contributed by atoms with Crippen LogP contribution in [0.3, 0.4) is 0 Å². The third-order valence-corrected chi connectivity index (χ3v) is 6.24.